The third-order valence-electron chi connectivity index (χ3n) is 1.54. The molecule has 0 spiro atoms. The summed E-state index contributed by atoms with van der Waals surface area (Å²) in [5.41, 5.74) is 0. The van der Waals surface area contributed by atoms with Crippen LogP contribution in [0.4, 0.5) is 0 Å². The van der Waals surface area contributed by atoms with E-state index < -0.39 is 24.9 Å². The van der Waals surface area contributed by atoms with Gasteiger partial charge in [-0.05, 0) is 0 Å². The molecule has 6 heteroatoms. The van der Waals surface area contributed by atoms with Crippen molar-refractivity contribution >= 4 is 6.29 Å². The van der Waals surface area contributed by atoms with Gasteiger partial charge in [0, 0.05) is 0 Å². The predicted molar refractivity (Wildman–Crippen MR) is 62.4 cm³/mol. The van der Waals surface area contributed by atoms with Crippen molar-refractivity contribution in [2.45, 2.75) is 18.3 Å². The normalized spacial score (nSPS) is 14.8. The summed E-state index contributed by atoms with van der Waals surface area (Å²) in [7, 11) is 0. The van der Waals surface area contributed by atoms with Crippen molar-refractivity contribution < 1.29 is 30.0 Å². The molecule has 0 saturated heterocycles. The first kappa shape index (κ1) is 18.3. The summed E-state index contributed by atoms with van der Waals surface area (Å²) in [6.07, 6.45) is -1.21. The molecule has 0 aromatic carbocycles. The minimum atomic E-state index is -1.64. The number of hydrogen-bond donors (Lipinski definition) is 4. The summed E-state index contributed by atoms with van der Waals surface area (Å²) in [5, 5.41) is 34.1. The van der Waals surface area contributed by atoms with Crippen molar-refractivity contribution in [1.82, 2.24) is 0 Å². The molecule has 0 aliphatic carbocycles. The van der Waals surface area contributed by atoms with E-state index in [4.69, 9.17) is 25.2 Å². The third-order valence-corrected chi connectivity index (χ3v) is 1.54. The van der Waals surface area contributed by atoms with Gasteiger partial charge in [-0.25, -0.2) is 0 Å². The maximum absolute atomic E-state index is 9.76. The topological polar surface area (TPSA) is 107 Å². The molecule has 0 radical (unpaired) electrons. The minimum absolute atomic E-state index is 0.0869. The third kappa shape index (κ3) is 11.2. The zero-order valence-corrected chi connectivity index (χ0v) is 9.60. The highest BCUT2D eigenvalue weighted by Gasteiger charge is 2.22. The fourth-order valence-electron chi connectivity index (χ4n) is 0.651. The van der Waals surface area contributed by atoms with Gasteiger partial charge in [-0.2, -0.15) is 0 Å². The fourth-order valence-corrected chi connectivity index (χ4v) is 0.651. The van der Waals surface area contributed by atoms with Crippen molar-refractivity contribution in [1.29, 1.82) is 0 Å². The van der Waals surface area contributed by atoms with E-state index in [1.807, 2.05) is 0 Å². The second kappa shape index (κ2) is 13.0. The molecule has 100 valence electrons. The van der Waals surface area contributed by atoms with Crippen LogP contribution >= 0.6 is 0 Å². The summed E-state index contributed by atoms with van der Waals surface area (Å²) < 4.78 is 4.90. The molecule has 0 heterocycles. The van der Waals surface area contributed by atoms with Crippen molar-refractivity contribution in [2.75, 3.05) is 19.8 Å². The Morgan fingerprint density at radius 3 is 1.88 bits per heavy atom. The second-order valence-corrected chi connectivity index (χ2v) is 2.98. The molecular formula is C11H20O6. The average molecular weight is 248 g/mol. The van der Waals surface area contributed by atoms with E-state index in [1.165, 1.54) is 0 Å². The number of aliphatic hydroxyl groups is 4. The molecule has 0 aliphatic heterocycles. The Morgan fingerprint density at radius 2 is 1.59 bits per heavy atom. The summed E-state index contributed by atoms with van der Waals surface area (Å²) >= 11 is 0. The van der Waals surface area contributed by atoms with Crippen LogP contribution in [-0.2, 0) is 9.53 Å². The van der Waals surface area contributed by atoms with Gasteiger partial charge in [0.25, 0.3) is 0 Å². The molecule has 3 atom stereocenters. The first-order valence-corrected chi connectivity index (χ1v) is 4.95. The summed E-state index contributed by atoms with van der Waals surface area (Å²) in [6.45, 7) is 7.49. The number of rotatable bonds is 8. The number of carbonyl (C=O) groups excluding carboxylic acids is 1. The lowest BCUT2D eigenvalue weighted by molar-refractivity contribution is -0.127. The van der Waals surface area contributed by atoms with Gasteiger partial charge in [0.05, 0.1) is 19.8 Å². The SMILES string of the molecule is C=CCOCC=C.O=C[C@H](O)[C@H](O)[C@H](O)CO. The number of ether oxygens (including phenoxy) is 1. The Morgan fingerprint density at radius 1 is 1.12 bits per heavy atom. The molecule has 4 N–H and O–H groups in total. The lowest BCUT2D eigenvalue weighted by Crippen LogP contribution is -2.40. The van der Waals surface area contributed by atoms with Gasteiger partial charge in [-0.1, -0.05) is 12.2 Å². The van der Waals surface area contributed by atoms with Gasteiger partial charge in [0.2, 0.25) is 0 Å². The van der Waals surface area contributed by atoms with E-state index in [-0.39, 0.29) is 6.29 Å². The first-order valence-electron chi connectivity index (χ1n) is 4.95. The standard InChI is InChI=1S/C6H10O.C5H10O5/c1-3-5-7-6-4-2;6-1-3(8)5(10)4(9)2-7/h3-4H,1-2,5-6H2;1,3-5,7-10H,2H2/t;3-,4+,5-/m.0/s1. The van der Waals surface area contributed by atoms with E-state index in [0.29, 0.717) is 13.2 Å². The highest BCUT2D eigenvalue weighted by molar-refractivity contribution is 5.56. The summed E-state index contributed by atoms with van der Waals surface area (Å²) in [6, 6.07) is 0. The van der Waals surface area contributed by atoms with E-state index in [1.54, 1.807) is 12.2 Å². The van der Waals surface area contributed by atoms with Crippen molar-refractivity contribution in [2.24, 2.45) is 0 Å². The van der Waals surface area contributed by atoms with Crippen LogP contribution in [0.1, 0.15) is 0 Å². The molecule has 0 fully saturated rings. The molecule has 17 heavy (non-hydrogen) atoms. The maximum Gasteiger partial charge on any atom is 0.151 e. The molecule has 0 amide bonds. The Labute approximate surface area is 100 Å². The van der Waals surface area contributed by atoms with Gasteiger partial charge in [-0.3, -0.25) is 0 Å². The Balaban J connectivity index is 0. The van der Waals surface area contributed by atoms with Crippen LogP contribution in [0.15, 0.2) is 25.3 Å². The number of aldehydes is 1. The fraction of sp³-hybridized carbons (Fsp3) is 0.545. The molecular weight excluding hydrogens is 228 g/mol. The number of hydrogen-bond acceptors (Lipinski definition) is 6. The lowest BCUT2D eigenvalue weighted by atomic mass is 10.1. The van der Waals surface area contributed by atoms with Gasteiger partial charge >= 0.3 is 0 Å². The van der Waals surface area contributed by atoms with Crippen LogP contribution in [0, 0.1) is 0 Å². The summed E-state index contributed by atoms with van der Waals surface area (Å²) in [4.78, 5) is 9.76. The molecule has 0 bridgehead atoms. The van der Waals surface area contributed by atoms with Crippen molar-refractivity contribution in [3.05, 3.63) is 25.3 Å². The second-order valence-electron chi connectivity index (χ2n) is 2.98. The van der Waals surface area contributed by atoms with E-state index in [0.717, 1.165) is 0 Å². The lowest BCUT2D eigenvalue weighted by Gasteiger charge is -2.16. The average Bonchev–Trinajstić information content (AvgIpc) is 2.37. The van der Waals surface area contributed by atoms with Gasteiger partial charge in [0.15, 0.2) is 6.29 Å². The van der Waals surface area contributed by atoms with E-state index in [9.17, 15) is 4.79 Å². The van der Waals surface area contributed by atoms with Crippen LogP contribution in [0.3, 0.4) is 0 Å². The Bertz CT molecular complexity index is 198. The van der Waals surface area contributed by atoms with Gasteiger partial charge in [-0.15, -0.1) is 13.2 Å². The van der Waals surface area contributed by atoms with Gasteiger partial charge < -0.3 is 30.0 Å². The number of aliphatic hydroxyl groups excluding tert-OH is 4. The van der Waals surface area contributed by atoms with Crippen LogP contribution in [0.5, 0.6) is 0 Å². The minimum Gasteiger partial charge on any atom is -0.394 e. The largest absolute Gasteiger partial charge is 0.394 e. The molecule has 0 unspecified atom stereocenters. The van der Waals surface area contributed by atoms with Crippen molar-refractivity contribution in [3.63, 3.8) is 0 Å². The van der Waals surface area contributed by atoms with E-state index in [2.05, 4.69) is 13.2 Å². The van der Waals surface area contributed by atoms with Crippen LogP contribution in [-0.4, -0.2) is 64.8 Å². The quantitative estimate of drug-likeness (QED) is 0.240. The highest BCUT2D eigenvalue weighted by Crippen LogP contribution is 1.96. The molecule has 0 saturated carbocycles. The maximum atomic E-state index is 9.76. The molecule has 0 aromatic rings. The van der Waals surface area contributed by atoms with Crippen LogP contribution in [0.25, 0.3) is 0 Å². The van der Waals surface area contributed by atoms with E-state index >= 15 is 0 Å². The molecule has 6 nitrogen and oxygen atoms in total. The predicted octanol–water partition coefficient (Wildman–Crippen LogP) is -1.36. The highest BCUT2D eigenvalue weighted by atomic mass is 16.5. The van der Waals surface area contributed by atoms with Crippen LogP contribution < -0.4 is 0 Å². The smallest absolute Gasteiger partial charge is 0.151 e. The Hall–Kier alpha value is -1.05. The monoisotopic (exact) mass is 248 g/mol. The molecule has 0 aliphatic rings. The molecule has 0 aromatic heterocycles. The first-order chi connectivity index (χ1) is 8.04. The molecule has 0 rings (SSSR count). The number of carbonyl (C=O) groups is 1. The zero-order chi connectivity index (χ0) is 13.7. The Kier molecular flexibility index (Phi) is 14.0. The van der Waals surface area contributed by atoms with Crippen LogP contribution in [0.2, 0.25) is 0 Å². The van der Waals surface area contributed by atoms with Gasteiger partial charge in [0.1, 0.15) is 18.3 Å². The van der Waals surface area contributed by atoms with Crippen molar-refractivity contribution in [3.8, 4) is 0 Å². The zero-order valence-electron chi connectivity index (χ0n) is 9.60. The summed E-state index contributed by atoms with van der Waals surface area (Å²) in [5.74, 6) is 0.